The van der Waals surface area contributed by atoms with Crippen LogP contribution in [0.15, 0.2) is 41.1 Å². The predicted molar refractivity (Wildman–Crippen MR) is 119 cm³/mol. The summed E-state index contributed by atoms with van der Waals surface area (Å²) in [5.74, 6) is -0.298. The van der Waals surface area contributed by atoms with Gasteiger partial charge < -0.3 is 10.4 Å². The second-order valence-corrected chi connectivity index (χ2v) is 7.57. The molecule has 0 spiro atoms. The van der Waals surface area contributed by atoms with Gasteiger partial charge in [-0.3, -0.25) is 9.69 Å². The maximum Gasteiger partial charge on any atom is 0.411 e. The summed E-state index contributed by atoms with van der Waals surface area (Å²) in [7, 11) is 0. The van der Waals surface area contributed by atoms with Crippen LogP contribution in [0, 0.1) is 18.3 Å². The van der Waals surface area contributed by atoms with Gasteiger partial charge in [-0.2, -0.15) is 10.4 Å². The minimum atomic E-state index is -1.21. The van der Waals surface area contributed by atoms with Gasteiger partial charge in [-0.1, -0.05) is 11.6 Å². The molecule has 158 valence electrons. The highest BCUT2D eigenvalue weighted by molar-refractivity contribution is 9.10. The van der Waals surface area contributed by atoms with E-state index in [9.17, 15) is 20.0 Å². The maximum absolute atomic E-state index is 13.2. The summed E-state index contributed by atoms with van der Waals surface area (Å²) >= 11 is 9.47. The van der Waals surface area contributed by atoms with Crippen molar-refractivity contribution in [3.63, 3.8) is 0 Å². The standard InChI is InChI=1S/C20H16BrClN6O3/c1-3-27(20(30)31)14-8-12(10-23)7-11(2)17(14)25-19(29)15-9-16(21)26-28(15)18-13(22)5-4-6-24-18/h4-9H,3H2,1-2H3,(H,25,29)(H,30,31). The first kappa shape index (κ1) is 22.3. The van der Waals surface area contributed by atoms with Crippen molar-refractivity contribution in [2.75, 3.05) is 16.8 Å². The fourth-order valence-corrected chi connectivity index (χ4v) is 3.58. The van der Waals surface area contributed by atoms with E-state index in [1.165, 1.54) is 23.0 Å². The third-order valence-corrected chi connectivity index (χ3v) is 5.05. The molecule has 3 rings (SSSR count). The molecule has 9 nitrogen and oxygen atoms in total. The van der Waals surface area contributed by atoms with Gasteiger partial charge in [-0.25, -0.2) is 14.5 Å². The SMILES string of the molecule is CCN(C(=O)O)c1cc(C#N)cc(C)c1NC(=O)c1cc(Br)nn1-c1ncccc1Cl. The first-order chi connectivity index (χ1) is 14.8. The van der Waals surface area contributed by atoms with Crippen molar-refractivity contribution in [1.82, 2.24) is 14.8 Å². The Bertz CT molecular complexity index is 1220. The fraction of sp³-hybridized carbons (Fsp3) is 0.150. The fourth-order valence-electron chi connectivity index (χ4n) is 3.00. The van der Waals surface area contributed by atoms with Crippen LogP contribution in [0.4, 0.5) is 16.2 Å². The topological polar surface area (TPSA) is 124 Å². The van der Waals surface area contributed by atoms with E-state index < -0.39 is 12.0 Å². The van der Waals surface area contributed by atoms with Gasteiger partial charge >= 0.3 is 6.09 Å². The number of aryl methyl sites for hydroxylation is 1. The number of nitrogens with zero attached hydrogens (tertiary/aromatic N) is 5. The molecular formula is C20H16BrClN6O3. The Hall–Kier alpha value is -3.42. The molecule has 0 aliphatic rings. The van der Waals surface area contributed by atoms with Crippen LogP contribution in [-0.4, -0.2) is 38.4 Å². The quantitative estimate of drug-likeness (QED) is 0.523. The minimum absolute atomic E-state index is 0.125. The number of pyridine rings is 1. The van der Waals surface area contributed by atoms with Crippen LogP contribution in [0.5, 0.6) is 0 Å². The van der Waals surface area contributed by atoms with Gasteiger partial charge in [0.2, 0.25) is 0 Å². The van der Waals surface area contributed by atoms with Gasteiger partial charge in [0.1, 0.15) is 10.3 Å². The Balaban J connectivity index is 2.09. The first-order valence-corrected chi connectivity index (χ1v) is 10.2. The van der Waals surface area contributed by atoms with E-state index in [1.54, 1.807) is 32.0 Å². The van der Waals surface area contributed by atoms with Crippen molar-refractivity contribution in [3.05, 3.63) is 63.0 Å². The highest BCUT2D eigenvalue weighted by Crippen LogP contribution is 2.32. The van der Waals surface area contributed by atoms with E-state index in [0.717, 1.165) is 4.90 Å². The maximum atomic E-state index is 13.2. The molecule has 31 heavy (non-hydrogen) atoms. The Kier molecular flexibility index (Phi) is 6.58. The number of amides is 2. The lowest BCUT2D eigenvalue weighted by Gasteiger charge is -2.23. The largest absolute Gasteiger partial charge is 0.465 e. The van der Waals surface area contributed by atoms with Crippen LogP contribution in [-0.2, 0) is 0 Å². The first-order valence-electron chi connectivity index (χ1n) is 8.99. The molecule has 0 bridgehead atoms. The summed E-state index contributed by atoms with van der Waals surface area (Å²) in [6, 6.07) is 9.76. The summed E-state index contributed by atoms with van der Waals surface area (Å²) in [5, 5.41) is 26.1. The van der Waals surface area contributed by atoms with Crippen LogP contribution in [0.2, 0.25) is 5.02 Å². The summed E-state index contributed by atoms with van der Waals surface area (Å²) in [4.78, 5) is 30.1. The average Bonchev–Trinajstić information content (AvgIpc) is 3.12. The number of anilines is 2. The number of hydrogen-bond acceptors (Lipinski definition) is 5. The van der Waals surface area contributed by atoms with E-state index in [4.69, 9.17) is 11.6 Å². The Morgan fingerprint density at radius 1 is 1.39 bits per heavy atom. The summed E-state index contributed by atoms with van der Waals surface area (Å²) in [6.07, 6.45) is 0.313. The lowest BCUT2D eigenvalue weighted by atomic mass is 10.1. The number of aromatic nitrogens is 3. The van der Waals surface area contributed by atoms with E-state index >= 15 is 0 Å². The molecule has 3 aromatic rings. The molecule has 0 atom stereocenters. The highest BCUT2D eigenvalue weighted by Gasteiger charge is 2.23. The molecule has 11 heteroatoms. The number of rotatable bonds is 5. The number of benzene rings is 1. The summed E-state index contributed by atoms with van der Waals surface area (Å²) < 4.78 is 1.67. The van der Waals surface area contributed by atoms with Crippen molar-refractivity contribution >= 4 is 50.9 Å². The molecule has 2 N–H and O–H groups in total. The average molecular weight is 504 g/mol. The van der Waals surface area contributed by atoms with Crippen molar-refractivity contribution in [2.45, 2.75) is 13.8 Å². The number of nitriles is 1. The second-order valence-electron chi connectivity index (χ2n) is 6.35. The Morgan fingerprint density at radius 2 is 2.13 bits per heavy atom. The molecule has 0 saturated heterocycles. The van der Waals surface area contributed by atoms with Crippen molar-refractivity contribution < 1.29 is 14.7 Å². The molecular weight excluding hydrogens is 488 g/mol. The van der Waals surface area contributed by atoms with Crippen molar-refractivity contribution in [2.24, 2.45) is 0 Å². The van der Waals surface area contributed by atoms with Crippen LogP contribution < -0.4 is 10.2 Å². The second kappa shape index (κ2) is 9.16. The number of carboxylic acid groups (broad SMARTS) is 1. The number of carbonyl (C=O) groups is 2. The molecule has 2 aromatic heterocycles. The smallest absolute Gasteiger partial charge is 0.411 e. The van der Waals surface area contributed by atoms with E-state index in [0.29, 0.717) is 15.2 Å². The molecule has 2 amide bonds. The van der Waals surface area contributed by atoms with Crippen LogP contribution >= 0.6 is 27.5 Å². The summed E-state index contributed by atoms with van der Waals surface area (Å²) in [6.45, 7) is 3.46. The summed E-state index contributed by atoms with van der Waals surface area (Å²) in [5.41, 5.74) is 1.40. The molecule has 0 aliphatic carbocycles. The molecule has 2 heterocycles. The van der Waals surface area contributed by atoms with Gasteiger partial charge in [0.25, 0.3) is 5.91 Å². The van der Waals surface area contributed by atoms with E-state index in [1.807, 2.05) is 6.07 Å². The molecule has 0 unspecified atom stereocenters. The third-order valence-electron chi connectivity index (χ3n) is 4.37. The lowest BCUT2D eigenvalue weighted by molar-refractivity contribution is 0.101. The van der Waals surface area contributed by atoms with Crippen molar-refractivity contribution in [3.8, 4) is 11.9 Å². The lowest BCUT2D eigenvalue weighted by Crippen LogP contribution is -2.30. The Labute approximate surface area is 191 Å². The molecule has 0 fully saturated rings. The number of hydrogen-bond donors (Lipinski definition) is 2. The van der Waals surface area contributed by atoms with Crippen molar-refractivity contribution in [1.29, 1.82) is 5.26 Å². The monoisotopic (exact) mass is 502 g/mol. The minimum Gasteiger partial charge on any atom is -0.465 e. The predicted octanol–water partition coefficient (Wildman–Crippen LogP) is 4.62. The van der Waals surface area contributed by atoms with Gasteiger partial charge in [0.05, 0.1) is 28.0 Å². The Morgan fingerprint density at radius 3 is 2.74 bits per heavy atom. The van der Waals surface area contributed by atoms with Crippen LogP contribution in [0.25, 0.3) is 5.82 Å². The highest BCUT2D eigenvalue weighted by atomic mass is 79.9. The zero-order chi connectivity index (χ0) is 22.7. The molecule has 0 radical (unpaired) electrons. The van der Waals surface area contributed by atoms with Crippen LogP contribution in [0.1, 0.15) is 28.5 Å². The number of halogens is 2. The normalized spacial score (nSPS) is 10.4. The zero-order valence-corrected chi connectivity index (χ0v) is 18.8. The zero-order valence-electron chi connectivity index (χ0n) is 16.4. The number of nitrogens with one attached hydrogen (secondary N) is 1. The molecule has 0 saturated carbocycles. The van der Waals surface area contributed by atoms with E-state index in [-0.39, 0.29) is 35.0 Å². The third kappa shape index (κ3) is 4.52. The number of carbonyl (C=O) groups excluding carboxylic acids is 1. The van der Waals surface area contributed by atoms with Gasteiger partial charge in [0.15, 0.2) is 5.82 Å². The van der Waals surface area contributed by atoms with Gasteiger partial charge in [-0.15, -0.1) is 0 Å². The van der Waals surface area contributed by atoms with Gasteiger partial charge in [0, 0.05) is 18.8 Å². The van der Waals surface area contributed by atoms with Gasteiger partial charge in [-0.05, 0) is 59.6 Å². The van der Waals surface area contributed by atoms with E-state index in [2.05, 4.69) is 31.3 Å². The molecule has 1 aromatic carbocycles. The van der Waals surface area contributed by atoms with Crippen LogP contribution in [0.3, 0.4) is 0 Å². The molecule has 0 aliphatic heterocycles.